The molecule has 24 heavy (non-hydrogen) atoms. The molecule has 0 bridgehead atoms. The average Bonchev–Trinajstić information content (AvgIpc) is 3.33. The predicted octanol–water partition coefficient (Wildman–Crippen LogP) is 2.56. The third-order valence-electron chi connectivity index (χ3n) is 4.94. The second kappa shape index (κ2) is 6.93. The van der Waals surface area contributed by atoms with Crippen LogP contribution in [0.15, 0.2) is 24.5 Å². The van der Waals surface area contributed by atoms with Crippen LogP contribution in [0.4, 0.5) is 5.13 Å². The van der Waals surface area contributed by atoms with Crippen LogP contribution in [-0.4, -0.2) is 51.8 Å². The number of hydrogen-bond donors (Lipinski definition) is 0. The van der Waals surface area contributed by atoms with Crippen LogP contribution in [-0.2, 0) is 4.79 Å². The maximum absolute atomic E-state index is 12.8. The highest BCUT2D eigenvalue weighted by molar-refractivity contribution is 7.17. The molecule has 2 aromatic heterocycles. The lowest BCUT2D eigenvalue weighted by Crippen LogP contribution is -2.46. The second-order valence-electron chi connectivity index (χ2n) is 6.63. The third kappa shape index (κ3) is 3.17. The monoisotopic (exact) mass is 345 g/mol. The Kier molecular flexibility index (Phi) is 4.51. The first-order valence-electron chi connectivity index (χ1n) is 8.82. The molecule has 1 amide bonds. The number of rotatable bonds is 3. The van der Waals surface area contributed by atoms with Crippen LogP contribution in [0.25, 0.3) is 5.13 Å². The summed E-state index contributed by atoms with van der Waals surface area (Å²) in [5.41, 5.74) is 0. The van der Waals surface area contributed by atoms with Crippen LogP contribution >= 0.6 is 11.3 Å². The van der Waals surface area contributed by atoms with E-state index in [0.717, 1.165) is 62.1 Å². The lowest BCUT2D eigenvalue weighted by Gasteiger charge is -2.36. The van der Waals surface area contributed by atoms with E-state index in [-0.39, 0.29) is 5.92 Å². The predicted molar refractivity (Wildman–Crippen MR) is 94.6 cm³/mol. The first-order chi connectivity index (χ1) is 11.8. The minimum absolute atomic E-state index is 0.107. The van der Waals surface area contributed by atoms with Gasteiger partial charge in [-0.25, -0.2) is 0 Å². The molecule has 0 spiro atoms. The molecule has 0 saturated carbocycles. The molecule has 4 rings (SSSR count). The third-order valence-corrected chi connectivity index (χ3v) is 5.94. The fraction of sp³-hybridized carbons (Fsp3) is 0.588. The van der Waals surface area contributed by atoms with E-state index in [1.54, 1.807) is 11.3 Å². The average molecular weight is 345 g/mol. The molecule has 7 heteroatoms. The van der Waals surface area contributed by atoms with Gasteiger partial charge < -0.3 is 9.80 Å². The van der Waals surface area contributed by atoms with Crippen LogP contribution in [0.3, 0.4) is 0 Å². The molecule has 6 nitrogen and oxygen atoms in total. The Morgan fingerprint density at radius 3 is 2.54 bits per heavy atom. The van der Waals surface area contributed by atoms with Crippen LogP contribution < -0.4 is 4.90 Å². The SMILES string of the molecule is O=C([C@H]1CCCN(c2nnc(-n3cccc3)s2)C1)N1CCCCC1. The zero-order valence-corrected chi connectivity index (χ0v) is 14.6. The van der Waals surface area contributed by atoms with Crippen molar-refractivity contribution in [1.82, 2.24) is 19.7 Å². The molecule has 0 radical (unpaired) electrons. The van der Waals surface area contributed by atoms with Gasteiger partial charge in [-0.05, 0) is 44.2 Å². The van der Waals surface area contributed by atoms with Gasteiger partial charge in [0.15, 0.2) is 0 Å². The number of anilines is 1. The number of aromatic nitrogens is 3. The Bertz CT molecular complexity index is 677. The first kappa shape index (κ1) is 15.6. The zero-order valence-electron chi connectivity index (χ0n) is 13.8. The van der Waals surface area contributed by atoms with Crippen molar-refractivity contribution in [2.24, 2.45) is 5.92 Å². The molecular formula is C17H23N5OS. The lowest BCUT2D eigenvalue weighted by molar-refractivity contribution is -0.136. The van der Waals surface area contributed by atoms with Gasteiger partial charge in [-0.1, -0.05) is 11.3 Å². The Morgan fingerprint density at radius 2 is 1.75 bits per heavy atom. The molecule has 2 saturated heterocycles. The summed E-state index contributed by atoms with van der Waals surface area (Å²) in [6.07, 6.45) is 9.55. The van der Waals surface area contributed by atoms with Gasteiger partial charge in [-0.15, -0.1) is 10.2 Å². The molecule has 0 aromatic carbocycles. The van der Waals surface area contributed by atoms with E-state index in [4.69, 9.17) is 0 Å². The Morgan fingerprint density at radius 1 is 1.00 bits per heavy atom. The topological polar surface area (TPSA) is 54.3 Å². The number of nitrogens with zero attached hydrogens (tertiary/aromatic N) is 5. The number of amides is 1. The summed E-state index contributed by atoms with van der Waals surface area (Å²) in [6, 6.07) is 3.96. The highest BCUT2D eigenvalue weighted by Crippen LogP contribution is 2.29. The van der Waals surface area contributed by atoms with Gasteiger partial charge in [0.2, 0.25) is 16.2 Å². The number of carbonyl (C=O) groups is 1. The molecule has 0 N–H and O–H groups in total. The molecular weight excluding hydrogens is 322 g/mol. The molecule has 2 aromatic rings. The van der Waals surface area contributed by atoms with Crippen molar-refractivity contribution in [2.45, 2.75) is 32.1 Å². The van der Waals surface area contributed by atoms with Crippen molar-refractivity contribution in [3.8, 4) is 5.13 Å². The summed E-state index contributed by atoms with van der Waals surface area (Å²) in [5, 5.41) is 10.4. The van der Waals surface area contributed by atoms with Gasteiger partial charge in [0.05, 0.1) is 5.92 Å². The van der Waals surface area contributed by atoms with E-state index in [9.17, 15) is 4.79 Å². The standard InChI is InChI=1S/C17H23N5OS/c23-15(20-8-2-1-3-9-20)14-7-6-12-22(13-14)17-19-18-16(24-17)21-10-4-5-11-21/h4-5,10-11,14H,1-3,6-9,12-13H2/t14-/m0/s1. The van der Waals surface area contributed by atoms with Gasteiger partial charge in [0.25, 0.3) is 0 Å². The fourth-order valence-corrected chi connectivity index (χ4v) is 4.48. The van der Waals surface area contributed by atoms with Crippen molar-refractivity contribution < 1.29 is 4.79 Å². The van der Waals surface area contributed by atoms with Gasteiger partial charge in [0.1, 0.15) is 0 Å². The largest absolute Gasteiger partial charge is 0.346 e. The smallest absolute Gasteiger partial charge is 0.227 e. The van der Waals surface area contributed by atoms with Crippen molar-refractivity contribution in [3.63, 3.8) is 0 Å². The van der Waals surface area contributed by atoms with Crippen molar-refractivity contribution in [3.05, 3.63) is 24.5 Å². The van der Waals surface area contributed by atoms with Gasteiger partial charge >= 0.3 is 0 Å². The Labute approximate surface area is 146 Å². The summed E-state index contributed by atoms with van der Waals surface area (Å²) < 4.78 is 1.97. The highest BCUT2D eigenvalue weighted by atomic mass is 32.1. The molecule has 4 heterocycles. The van der Waals surface area contributed by atoms with E-state index >= 15 is 0 Å². The van der Waals surface area contributed by atoms with Crippen molar-refractivity contribution in [2.75, 3.05) is 31.1 Å². The maximum Gasteiger partial charge on any atom is 0.227 e. The quantitative estimate of drug-likeness (QED) is 0.858. The van der Waals surface area contributed by atoms with Gasteiger partial charge in [-0.3, -0.25) is 9.36 Å². The van der Waals surface area contributed by atoms with Gasteiger partial charge in [0, 0.05) is 38.6 Å². The van der Waals surface area contributed by atoms with Crippen LogP contribution in [0.1, 0.15) is 32.1 Å². The summed E-state index contributed by atoms with van der Waals surface area (Å²) in [7, 11) is 0. The zero-order chi connectivity index (χ0) is 16.4. The Balaban J connectivity index is 1.44. The van der Waals surface area contributed by atoms with Crippen molar-refractivity contribution in [1.29, 1.82) is 0 Å². The van der Waals surface area contributed by atoms with E-state index in [0.29, 0.717) is 5.91 Å². The minimum atomic E-state index is 0.107. The molecule has 1 atom stereocenters. The lowest BCUT2D eigenvalue weighted by atomic mass is 9.96. The number of hydrogen-bond acceptors (Lipinski definition) is 5. The molecule has 2 aliphatic heterocycles. The van der Waals surface area contributed by atoms with E-state index in [2.05, 4.69) is 20.0 Å². The highest BCUT2D eigenvalue weighted by Gasteiger charge is 2.31. The van der Waals surface area contributed by atoms with Crippen LogP contribution in [0.2, 0.25) is 0 Å². The number of carbonyl (C=O) groups excluding carboxylic acids is 1. The summed E-state index contributed by atoms with van der Waals surface area (Å²) in [5.74, 6) is 0.449. The normalized spacial score (nSPS) is 21.9. The second-order valence-corrected chi connectivity index (χ2v) is 7.56. The molecule has 2 fully saturated rings. The minimum Gasteiger partial charge on any atom is -0.346 e. The molecule has 0 unspecified atom stereocenters. The fourth-order valence-electron chi connectivity index (χ4n) is 3.63. The first-order valence-corrected chi connectivity index (χ1v) is 9.63. The summed E-state index contributed by atoms with van der Waals surface area (Å²) >= 11 is 1.59. The Hall–Kier alpha value is -1.89. The van der Waals surface area contributed by atoms with Crippen LogP contribution in [0, 0.1) is 5.92 Å². The molecule has 128 valence electrons. The van der Waals surface area contributed by atoms with Gasteiger partial charge in [-0.2, -0.15) is 0 Å². The van der Waals surface area contributed by atoms with E-state index < -0.39 is 0 Å². The molecule has 2 aliphatic rings. The van der Waals surface area contributed by atoms with E-state index in [1.165, 1.54) is 6.42 Å². The van der Waals surface area contributed by atoms with Crippen LogP contribution in [0.5, 0.6) is 0 Å². The van der Waals surface area contributed by atoms with E-state index in [1.807, 2.05) is 29.1 Å². The maximum atomic E-state index is 12.8. The number of piperidine rings is 2. The summed E-state index contributed by atoms with van der Waals surface area (Å²) in [6.45, 7) is 3.61. The van der Waals surface area contributed by atoms with Crippen molar-refractivity contribution >= 4 is 22.4 Å². The molecule has 0 aliphatic carbocycles. The number of likely N-dealkylation sites (tertiary alicyclic amines) is 1. The summed E-state index contributed by atoms with van der Waals surface area (Å²) in [4.78, 5) is 17.1.